The first kappa shape index (κ1) is 15.1. The lowest BCUT2D eigenvalue weighted by molar-refractivity contribution is -0.136. The molecule has 19 heavy (non-hydrogen) atoms. The summed E-state index contributed by atoms with van der Waals surface area (Å²) in [4.78, 5) is 29.1. The molecule has 2 N–H and O–H groups in total. The minimum absolute atomic E-state index is 0.383. The molecule has 1 rings (SSSR count). The third kappa shape index (κ3) is 5.96. The summed E-state index contributed by atoms with van der Waals surface area (Å²) in [5.74, 6) is -0.946. The molecule has 0 radical (unpaired) electrons. The van der Waals surface area contributed by atoms with Crippen LogP contribution < -0.4 is 10.6 Å². The van der Waals surface area contributed by atoms with Gasteiger partial charge in [0.25, 0.3) is 0 Å². The number of rotatable bonds is 5. The van der Waals surface area contributed by atoms with Crippen LogP contribution in [-0.2, 0) is 9.59 Å². The zero-order valence-corrected chi connectivity index (χ0v) is 11.6. The topological polar surface area (TPSA) is 74.3 Å². The summed E-state index contributed by atoms with van der Waals surface area (Å²) in [7, 11) is 3.91. The molecule has 1 heterocycles. The number of hydrogen-bond acceptors (Lipinski definition) is 4. The van der Waals surface area contributed by atoms with E-state index in [9.17, 15) is 9.59 Å². The number of carbonyl (C=O) groups excluding carboxylic acids is 2. The Hall–Kier alpha value is -1.95. The number of aromatic nitrogens is 1. The number of hydrogen-bond donors (Lipinski definition) is 2. The zero-order valence-electron chi connectivity index (χ0n) is 11.6. The lowest BCUT2D eigenvalue weighted by Crippen LogP contribution is -2.36. The van der Waals surface area contributed by atoms with Gasteiger partial charge in [0, 0.05) is 12.7 Å². The smallest absolute Gasteiger partial charge is 0.314 e. The van der Waals surface area contributed by atoms with E-state index in [4.69, 9.17) is 0 Å². The van der Waals surface area contributed by atoms with Crippen molar-refractivity contribution < 1.29 is 9.59 Å². The zero-order chi connectivity index (χ0) is 14.3. The van der Waals surface area contributed by atoms with E-state index in [1.54, 1.807) is 12.3 Å². The second kappa shape index (κ2) is 7.48. The molecule has 0 aliphatic heterocycles. The molecule has 0 unspecified atom stereocenters. The van der Waals surface area contributed by atoms with Crippen molar-refractivity contribution in [1.82, 2.24) is 15.2 Å². The molecular weight excluding hydrogens is 244 g/mol. The van der Waals surface area contributed by atoms with E-state index in [0.29, 0.717) is 12.4 Å². The van der Waals surface area contributed by atoms with Crippen molar-refractivity contribution in [2.45, 2.75) is 13.3 Å². The van der Waals surface area contributed by atoms with Crippen LogP contribution in [0.5, 0.6) is 0 Å². The first-order valence-electron chi connectivity index (χ1n) is 6.15. The average molecular weight is 264 g/mol. The van der Waals surface area contributed by atoms with Gasteiger partial charge in [-0.15, -0.1) is 0 Å². The van der Waals surface area contributed by atoms with Gasteiger partial charge in [-0.1, -0.05) is 0 Å². The molecule has 0 aromatic carbocycles. The molecule has 0 aliphatic carbocycles. The van der Waals surface area contributed by atoms with Gasteiger partial charge >= 0.3 is 11.8 Å². The third-order valence-corrected chi connectivity index (χ3v) is 2.43. The standard InChI is InChI=1S/C13H20N4O2/c1-10-5-7-14-11(9-10)16-13(19)12(18)15-6-4-8-17(2)3/h5,7,9H,4,6,8H2,1-3H3,(H,15,18)(H,14,16,19). The minimum Gasteiger partial charge on any atom is -0.348 e. The van der Waals surface area contributed by atoms with E-state index in [2.05, 4.69) is 15.6 Å². The van der Waals surface area contributed by atoms with Crippen LogP contribution in [0.2, 0.25) is 0 Å². The number of nitrogens with zero attached hydrogens (tertiary/aromatic N) is 2. The van der Waals surface area contributed by atoms with Crippen molar-refractivity contribution in [3.8, 4) is 0 Å². The molecule has 104 valence electrons. The van der Waals surface area contributed by atoms with Crippen LogP contribution in [0.25, 0.3) is 0 Å². The molecule has 0 aliphatic rings. The van der Waals surface area contributed by atoms with E-state index in [1.165, 1.54) is 0 Å². The minimum atomic E-state index is -0.692. The Bertz CT molecular complexity index is 446. The van der Waals surface area contributed by atoms with Crippen molar-refractivity contribution in [2.75, 3.05) is 32.5 Å². The van der Waals surface area contributed by atoms with Gasteiger partial charge in [0.2, 0.25) is 0 Å². The highest BCUT2D eigenvalue weighted by molar-refractivity contribution is 6.39. The maximum absolute atomic E-state index is 11.6. The number of aryl methyl sites for hydroxylation is 1. The summed E-state index contributed by atoms with van der Waals surface area (Å²) >= 11 is 0. The fraction of sp³-hybridized carbons (Fsp3) is 0.462. The third-order valence-electron chi connectivity index (χ3n) is 2.43. The van der Waals surface area contributed by atoms with Crippen LogP contribution in [0.15, 0.2) is 18.3 Å². The summed E-state index contributed by atoms with van der Waals surface area (Å²) in [5, 5.41) is 5.03. The summed E-state index contributed by atoms with van der Waals surface area (Å²) in [6.07, 6.45) is 2.38. The second-order valence-electron chi connectivity index (χ2n) is 4.59. The van der Waals surface area contributed by atoms with Crippen LogP contribution >= 0.6 is 0 Å². The van der Waals surface area contributed by atoms with E-state index in [1.807, 2.05) is 32.0 Å². The largest absolute Gasteiger partial charge is 0.348 e. The van der Waals surface area contributed by atoms with Gasteiger partial charge < -0.3 is 15.5 Å². The maximum Gasteiger partial charge on any atom is 0.314 e. The lowest BCUT2D eigenvalue weighted by atomic mass is 10.3. The van der Waals surface area contributed by atoms with Gasteiger partial charge in [0.05, 0.1) is 0 Å². The highest BCUT2D eigenvalue weighted by Crippen LogP contribution is 2.04. The van der Waals surface area contributed by atoms with Crippen LogP contribution in [0.3, 0.4) is 0 Å². The van der Waals surface area contributed by atoms with Gasteiger partial charge in [0.15, 0.2) is 0 Å². The molecule has 0 saturated heterocycles. The molecule has 6 nitrogen and oxygen atoms in total. The van der Waals surface area contributed by atoms with Gasteiger partial charge in [-0.25, -0.2) is 4.98 Å². The Balaban J connectivity index is 2.35. The van der Waals surface area contributed by atoms with Gasteiger partial charge in [-0.2, -0.15) is 0 Å². The van der Waals surface area contributed by atoms with E-state index in [0.717, 1.165) is 18.5 Å². The van der Waals surface area contributed by atoms with Crippen LogP contribution in [-0.4, -0.2) is 48.9 Å². The average Bonchev–Trinajstić information content (AvgIpc) is 2.34. The fourth-order valence-electron chi connectivity index (χ4n) is 1.46. The van der Waals surface area contributed by atoms with Crippen molar-refractivity contribution >= 4 is 17.6 Å². The summed E-state index contributed by atoms with van der Waals surface area (Å²) in [6, 6.07) is 3.52. The quantitative estimate of drug-likeness (QED) is 0.596. The van der Waals surface area contributed by atoms with Crippen molar-refractivity contribution in [2.24, 2.45) is 0 Å². The van der Waals surface area contributed by atoms with E-state index < -0.39 is 11.8 Å². The molecule has 0 saturated carbocycles. The number of nitrogens with one attached hydrogen (secondary N) is 2. The molecule has 0 atom stereocenters. The Morgan fingerprint density at radius 2 is 2.05 bits per heavy atom. The Morgan fingerprint density at radius 1 is 1.32 bits per heavy atom. The van der Waals surface area contributed by atoms with E-state index in [-0.39, 0.29) is 0 Å². The number of anilines is 1. The fourth-order valence-corrected chi connectivity index (χ4v) is 1.46. The Labute approximate surface area is 113 Å². The van der Waals surface area contributed by atoms with Crippen LogP contribution in [0.1, 0.15) is 12.0 Å². The predicted octanol–water partition coefficient (Wildman–Crippen LogP) is 0.396. The molecule has 1 aromatic heterocycles. The number of amides is 2. The lowest BCUT2D eigenvalue weighted by Gasteiger charge is -2.09. The summed E-state index contributed by atoms with van der Waals surface area (Å²) in [5.41, 5.74) is 0.969. The molecule has 2 amide bonds. The first-order valence-corrected chi connectivity index (χ1v) is 6.15. The highest BCUT2D eigenvalue weighted by atomic mass is 16.2. The summed E-state index contributed by atoms with van der Waals surface area (Å²) in [6.45, 7) is 3.23. The first-order chi connectivity index (χ1) is 8.99. The monoisotopic (exact) mass is 264 g/mol. The number of pyridine rings is 1. The van der Waals surface area contributed by atoms with Crippen LogP contribution in [0, 0.1) is 6.92 Å². The number of carbonyl (C=O) groups is 2. The molecule has 6 heteroatoms. The van der Waals surface area contributed by atoms with Gasteiger partial charge in [0.1, 0.15) is 5.82 Å². The molecule has 0 bridgehead atoms. The molecule has 1 aromatic rings. The SMILES string of the molecule is Cc1ccnc(NC(=O)C(=O)NCCCN(C)C)c1. The van der Waals surface area contributed by atoms with Crippen molar-refractivity contribution in [3.05, 3.63) is 23.9 Å². The Kier molecular flexibility index (Phi) is 5.95. The van der Waals surface area contributed by atoms with Gasteiger partial charge in [-0.05, 0) is 51.7 Å². The van der Waals surface area contributed by atoms with Gasteiger partial charge in [-0.3, -0.25) is 9.59 Å². The van der Waals surface area contributed by atoms with Crippen molar-refractivity contribution in [1.29, 1.82) is 0 Å². The molecule has 0 spiro atoms. The second-order valence-corrected chi connectivity index (χ2v) is 4.59. The Morgan fingerprint density at radius 3 is 2.68 bits per heavy atom. The van der Waals surface area contributed by atoms with E-state index >= 15 is 0 Å². The van der Waals surface area contributed by atoms with Crippen molar-refractivity contribution in [3.63, 3.8) is 0 Å². The molecule has 0 fully saturated rings. The highest BCUT2D eigenvalue weighted by Gasteiger charge is 2.13. The molecular formula is C13H20N4O2. The normalized spacial score (nSPS) is 10.3. The summed E-state index contributed by atoms with van der Waals surface area (Å²) < 4.78 is 0. The predicted molar refractivity (Wildman–Crippen MR) is 73.8 cm³/mol. The maximum atomic E-state index is 11.6. The van der Waals surface area contributed by atoms with Crippen LogP contribution in [0.4, 0.5) is 5.82 Å².